The number of aromatic nitrogens is 2. The zero-order valence-electron chi connectivity index (χ0n) is 10.0. The maximum Gasteiger partial charge on any atom is 0.152 e. The van der Waals surface area contributed by atoms with Crippen molar-refractivity contribution in [3.8, 4) is 0 Å². The summed E-state index contributed by atoms with van der Waals surface area (Å²) in [6.07, 6.45) is 0.654. The van der Waals surface area contributed by atoms with Gasteiger partial charge < -0.3 is 5.73 Å². The van der Waals surface area contributed by atoms with Crippen LogP contribution < -0.4 is 5.73 Å². The molecule has 0 saturated heterocycles. The van der Waals surface area contributed by atoms with Gasteiger partial charge in [0.1, 0.15) is 0 Å². The van der Waals surface area contributed by atoms with Gasteiger partial charge in [-0.1, -0.05) is 6.92 Å². The second kappa shape index (κ2) is 4.86. The van der Waals surface area contributed by atoms with Crippen LogP contribution in [0.1, 0.15) is 24.7 Å². The summed E-state index contributed by atoms with van der Waals surface area (Å²) in [6.45, 7) is 5.91. The molecular weight excluding hydrogens is 226 g/mol. The van der Waals surface area contributed by atoms with Crippen molar-refractivity contribution in [1.29, 1.82) is 0 Å². The molecule has 0 spiro atoms. The van der Waals surface area contributed by atoms with Gasteiger partial charge in [-0.3, -0.25) is 4.68 Å². The van der Waals surface area contributed by atoms with Crippen LogP contribution >= 0.6 is 0 Å². The van der Waals surface area contributed by atoms with Gasteiger partial charge in [-0.25, -0.2) is 8.42 Å². The van der Waals surface area contributed by atoms with Crippen molar-refractivity contribution in [3.63, 3.8) is 0 Å². The van der Waals surface area contributed by atoms with Crippen LogP contribution in [-0.2, 0) is 16.4 Å². The molecule has 1 aromatic rings. The Labute approximate surface area is 96.6 Å². The highest BCUT2D eigenvalue weighted by Crippen LogP contribution is 2.14. The predicted octanol–water partition coefficient (Wildman–Crippen LogP) is 0.907. The third-order valence-corrected chi connectivity index (χ3v) is 4.40. The Kier molecular flexibility index (Phi) is 3.96. The molecule has 2 N–H and O–H groups in total. The van der Waals surface area contributed by atoms with Gasteiger partial charge >= 0.3 is 0 Å². The lowest BCUT2D eigenvalue weighted by atomic mass is 10.3. The molecule has 0 aromatic carbocycles. The van der Waals surface area contributed by atoms with E-state index in [9.17, 15) is 8.42 Å². The smallest absolute Gasteiger partial charge is 0.152 e. The lowest BCUT2D eigenvalue weighted by molar-refractivity contribution is 0.575. The van der Waals surface area contributed by atoms with Crippen LogP contribution in [0, 0.1) is 13.8 Å². The molecule has 0 saturated carbocycles. The van der Waals surface area contributed by atoms with Crippen LogP contribution in [0.3, 0.4) is 0 Å². The maximum absolute atomic E-state index is 11.5. The molecule has 1 heterocycles. The maximum atomic E-state index is 11.5. The highest BCUT2D eigenvalue weighted by Gasteiger charge is 2.13. The third kappa shape index (κ3) is 2.98. The molecular formula is C10H19N3O2S. The Balaban J connectivity index is 2.72. The van der Waals surface area contributed by atoms with Crippen LogP contribution in [0.4, 0.5) is 5.69 Å². The van der Waals surface area contributed by atoms with E-state index < -0.39 is 9.84 Å². The Morgan fingerprint density at radius 1 is 1.31 bits per heavy atom. The highest BCUT2D eigenvalue weighted by atomic mass is 32.2. The molecule has 0 unspecified atom stereocenters. The average molecular weight is 245 g/mol. The molecule has 0 aliphatic carbocycles. The van der Waals surface area contributed by atoms with E-state index in [1.165, 1.54) is 0 Å². The van der Waals surface area contributed by atoms with Gasteiger partial charge in [-0.2, -0.15) is 5.10 Å². The fraction of sp³-hybridized carbons (Fsp3) is 0.700. The molecule has 16 heavy (non-hydrogen) atoms. The van der Waals surface area contributed by atoms with E-state index in [4.69, 9.17) is 5.73 Å². The van der Waals surface area contributed by atoms with Gasteiger partial charge in [0.25, 0.3) is 0 Å². The molecule has 0 aliphatic heterocycles. The molecule has 0 fully saturated rings. The van der Waals surface area contributed by atoms with Gasteiger partial charge in [0.05, 0.1) is 29.4 Å². The summed E-state index contributed by atoms with van der Waals surface area (Å²) in [6, 6.07) is 0. The van der Waals surface area contributed by atoms with E-state index in [1.54, 1.807) is 4.68 Å². The number of aryl methyl sites for hydroxylation is 2. The Morgan fingerprint density at radius 2 is 1.94 bits per heavy atom. The minimum atomic E-state index is -2.95. The number of rotatable bonds is 5. The van der Waals surface area contributed by atoms with Crippen molar-refractivity contribution in [1.82, 2.24) is 9.78 Å². The highest BCUT2D eigenvalue weighted by molar-refractivity contribution is 7.91. The first-order valence-corrected chi connectivity index (χ1v) is 7.19. The molecule has 0 radical (unpaired) electrons. The number of hydrogen-bond donors (Lipinski definition) is 1. The van der Waals surface area contributed by atoms with E-state index in [2.05, 4.69) is 5.10 Å². The SMILES string of the molecule is CCCS(=O)(=O)CCn1nc(C)c(N)c1C. The Morgan fingerprint density at radius 3 is 2.38 bits per heavy atom. The molecule has 1 aromatic heterocycles. The largest absolute Gasteiger partial charge is 0.396 e. The fourth-order valence-electron chi connectivity index (χ4n) is 1.57. The molecule has 0 atom stereocenters. The number of sulfone groups is 1. The van der Waals surface area contributed by atoms with Crippen LogP contribution in [-0.4, -0.2) is 29.7 Å². The standard InChI is InChI=1S/C10H19N3O2S/c1-4-6-16(14,15)7-5-13-9(3)10(11)8(2)12-13/h4-7,11H2,1-3H3. The van der Waals surface area contributed by atoms with Crippen LogP contribution in [0.15, 0.2) is 0 Å². The molecule has 1 rings (SSSR count). The number of nitrogens with two attached hydrogens (primary N) is 1. The Bertz CT molecular complexity index is 463. The summed E-state index contributed by atoms with van der Waals surface area (Å²) in [4.78, 5) is 0. The first-order valence-electron chi connectivity index (χ1n) is 5.37. The summed E-state index contributed by atoms with van der Waals surface area (Å²) < 4.78 is 24.7. The lowest BCUT2D eigenvalue weighted by Crippen LogP contribution is -2.17. The Hall–Kier alpha value is -1.04. The lowest BCUT2D eigenvalue weighted by Gasteiger charge is -2.05. The van der Waals surface area contributed by atoms with Gasteiger partial charge in [0.2, 0.25) is 0 Å². The van der Waals surface area contributed by atoms with Crippen molar-refractivity contribution in [3.05, 3.63) is 11.4 Å². The van der Waals surface area contributed by atoms with Crippen molar-refractivity contribution in [2.24, 2.45) is 0 Å². The van der Waals surface area contributed by atoms with Gasteiger partial charge in [0.15, 0.2) is 9.84 Å². The first-order chi connectivity index (χ1) is 7.37. The van der Waals surface area contributed by atoms with Crippen molar-refractivity contribution in [2.75, 3.05) is 17.2 Å². The third-order valence-electron chi connectivity index (χ3n) is 2.57. The quantitative estimate of drug-likeness (QED) is 0.836. The number of nitrogen functional groups attached to an aromatic ring is 1. The van der Waals surface area contributed by atoms with Crippen molar-refractivity contribution < 1.29 is 8.42 Å². The number of anilines is 1. The first kappa shape index (κ1) is 13.0. The fourth-order valence-corrected chi connectivity index (χ4v) is 2.84. The van der Waals surface area contributed by atoms with Crippen LogP contribution in [0.2, 0.25) is 0 Å². The molecule has 0 amide bonds. The summed E-state index contributed by atoms with van der Waals surface area (Å²) in [7, 11) is -2.95. The summed E-state index contributed by atoms with van der Waals surface area (Å²) >= 11 is 0. The van der Waals surface area contributed by atoms with Crippen molar-refractivity contribution in [2.45, 2.75) is 33.7 Å². The van der Waals surface area contributed by atoms with E-state index in [-0.39, 0.29) is 11.5 Å². The number of nitrogens with zero attached hydrogens (tertiary/aromatic N) is 2. The van der Waals surface area contributed by atoms with Crippen LogP contribution in [0.25, 0.3) is 0 Å². The summed E-state index contributed by atoms with van der Waals surface area (Å²) in [5.41, 5.74) is 8.01. The zero-order valence-corrected chi connectivity index (χ0v) is 10.8. The van der Waals surface area contributed by atoms with E-state index >= 15 is 0 Å². The van der Waals surface area contributed by atoms with Gasteiger partial charge in [-0.15, -0.1) is 0 Å². The monoisotopic (exact) mass is 245 g/mol. The normalized spacial score (nSPS) is 11.9. The van der Waals surface area contributed by atoms with Crippen molar-refractivity contribution >= 4 is 15.5 Å². The summed E-state index contributed by atoms with van der Waals surface area (Å²) in [5.74, 6) is 0.365. The summed E-state index contributed by atoms with van der Waals surface area (Å²) in [5, 5.41) is 4.20. The minimum Gasteiger partial charge on any atom is -0.396 e. The second-order valence-electron chi connectivity index (χ2n) is 3.96. The van der Waals surface area contributed by atoms with Crippen LogP contribution in [0.5, 0.6) is 0 Å². The predicted molar refractivity (Wildman–Crippen MR) is 65.1 cm³/mol. The molecule has 92 valence electrons. The molecule has 0 bridgehead atoms. The average Bonchev–Trinajstić information content (AvgIpc) is 2.43. The van der Waals surface area contributed by atoms with Gasteiger partial charge in [0, 0.05) is 5.75 Å². The zero-order chi connectivity index (χ0) is 12.3. The van der Waals surface area contributed by atoms with E-state index in [0.29, 0.717) is 18.7 Å². The minimum absolute atomic E-state index is 0.127. The molecule has 0 aliphatic rings. The van der Waals surface area contributed by atoms with E-state index in [1.807, 2.05) is 20.8 Å². The van der Waals surface area contributed by atoms with Gasteiger partial charge in [-0.05, 0) is 20.3 Å². The molecule has 5 nitrogen and oxygen atoms in total. The van der Waals surface area contributed by atoms with E-state index in [0.717, 1.165) is 11.4 Å². The number of hydrogen-bond acceptors (Lipinski definition) is 4. The molecule has 6 heteroatoms. The topological polar surface area (TPSA) is 78.0 Å². The second-order valence-corrected chi connectivity index (χ2v) is 6.26.